The third-order valence-electron chi connectivity index (χ3n) is 8.34. The molecule has 0 atom stereocenters. The minimum absolute atomic E-state index is 1.12. The van der Waals surface area contributed by atoms with Crippen LogP contribution in [0.4, 0.5) is 17.1 Å². The molecule has 43 heavy (non-hydrogen) atoms. The predicted molar refractivity (Wildman–Crippen MR) is 188 cm³/mol. The van der Waals surface area contributed by atoms with Crippen LogP contribution in [0, 0.1) is 0 Å². The van der Waals surface area contributed by atoms with Crippen LogP contribution in [0.25, 0.3) is 62.2 Å². The number of thiophene rings is 2. The van der Waals surface area contributed by atoms with Gasteiger partial charge in [-0.15, -0.1) is 22.7 Å². The van der Waals surface area contributed by atoms with Gasteiger partial charge < -0.3 is 4.90 Å². The van der Waals surface area contributed by atoms with E-state index in [0.717, 1.165) is 17.1 Å². The van der Waals surface area contributed by atoms with Crippen LogP contribution in [0.15, 0.2) is 146 Å². The molecule has 0 aliphatic carbocycles. The molecular weight excluding hydrogens is 561 g/mol. The Morgan fingerprint density at radius 1 is 0.465 bits per heavy atom. The number of nitrogens with zero attached hydrogens (tertiary/aromatic N) is 2. The van der Waals surface area contributed by atoms with Gasteiger partial charge in [0, 0.05) is 75.4 Å². The molecule has 0 unspecified atom stereocenters. The molecule has 0 bridgehead atoms. The van der Waals surface area contributed by atoms with Gasteiger partial charge in [-0.25, -0.2) is 0 Å². The van der Waals surface area contributed by atoms with E-state index in [4.69, 9.17) is 4.98 Å². The van der Waals surface area contributed by atoms with Gasteiger partial charge >= 0.3 is 0 Å². The van der Waals surface area contributed by atoms with Crippen LogP contribution >= 0.6 is 22.7 Å². The summed E-state index contributed by atoms with van der Waals surface area (Å²) in [5.41, 5.74) is 5.75. The molecule has 0 fully saturated rings. The maximum absolute atomic E-state index is 4.72. The second-order valence-electron chi connectivity index (χ2n) is 10.8. The fourth-order valence-corrected chi connectivity index (χ4v) is 8.64. The molecule has 0 N–H and O–H groups in total. The fraction of sp³-hybridized carbons (Fsp3) is 0. The van der Waals surface area contributed by atoms with E-state index in [2.05, 4.69) is 138 Å². The van der Waals surface area contributed by atoms with E-state index in [1.54, 1.807) is 0 Å². The van der Waals surface area contributed by atoms with E-state index in [-0.39, 0.29) is 0 Å². The molecule has 0 aliphatic heterocycles. The molecule has 6 aromatic carbocycles. The summed E-state index contributed by atoms with van der Waals surface area (Å²) < 4.78 is 5.21. The summed E-state index contributed by atoms with van der Waals surface area (Å²) in [6.45, 7) is 0. The van der Waals surface area contributed by atoms with E-state index in [1.807, 2.05) is 35.1 Å². The molecule has 3 heterocycles. The van der Waals surface area contributed by atoms with Crippen LogP contribution in [0.3, 0.4) is 0 Å². The molecule has 0 amide bonds. The number of para-hydroxylation sites is 1. The molecule has 4 heteroatoms. The summed E-state index contributed by atoms with van der Waals surface area (Å²) in [5, 5.41) is 7.68. The number of pyridine rings is 1. The maximum atomic E-state index is 4.72. The third kappa shape index (κ3) is 3.95. The first-order valence-corrected chi connectivity index (χ1v) is 16.0. The fourth-order valence-electron chi connectivity index (χ4n) is 6.33. The minimum atomic E-state index is 1.12. The van der Waals surface area contributed by atoms with Crippen molar-refractivity contribution in [3.8, 4) is 11.1 Å². The lowest BCUT2D eigenvalue weighted by Crippen LogP contribution is -2.09. The van der Waals surface area contributed by atoms with Crippen molar-refractivity contribution in [1.82, 2.24) is 4.98 Å². The number of rotatable bonds is 4. The molecule has 9 aromatic rings. The Balaban J connectivity index is 1.18. The first-order chi connectivity index (χ1) is 21.3. The van der Waals surface area contributed by atoms with Crippen LogP contribution in [0.2, 0.25) is 0 Å². The van der Waals surface area contributed by atoms with Gasteiger partial charge in [0.25, 0.3) is 0 Å². The lowest BCUT2D eigenvalue weighted by atomic mass is 10.0. The summed E-state index contributed by atoms with van der Waals surface area (Å²) in [6.07, 6.45) is 4.04. The van der Waals surface area contributed by atoms with E-state index < -0.39 is 0 Å². The number of benzene rings is 6. The Hall–Kier alpha value is -5.03. The molecule has 0 spiro atoms. The number of hydrogen-bond acceptors (Lipinski definition) is 4. The van der Waals surface area contributed by atoms with Crippen molar-refractivity contribution >= 4 is 90.9 Å². The first-order valence-electron chi connectivity index (χ1n) is 14.4. The van der Waals surface area contributed by atoms with E-state index in [0.29, 0.717) is 0 Å². The zero-order valence-corrected chi connectivity index (χ0v) is 24.7. The van der Waals surface area contributed by atoms with E-state index in [1.165, 1.54) is 62.2 Å². The Morgan fingerprint density at radius 2 is 1.16 bits per heavy atom. The summed E-state index contributed by atoms with van der Waals surface area (Å²) in [5.74, 6) is 0. The standard InChI is InChI=1S/C39H24N2S2/c1-2-9-27(10-3-1)41(29-19-21-36-32(22-29)31-12-6-7-13-35(31)42-36)28-17-14-26(15-18-28)33-23-40-24-34-38-30-11-5-4-8-25(30)16-20-37(38)43-39(33)34/h1-24H. The summed E-state index contributed by atoms with van der Waals surface area (Å²) in [6, 6.07) is 48.2. The molecule has 2 nitrogen and oxygen atoms in total. The molecular formula is C39H24N2S2. The van der Waals surface area contributed by atoms with E-state index >= 15 is 0 Å². The van der Waals surface area contributed by atoms with Gasteiger partial charge in [-0.2, -0.15) is 0 Å². The Kier molecular flexibility index (Phi) is 5.58. The van der Waals surface area contributed by atoms with Crippen molar-refractivity contribution in [3.63, 3.8) is 0 Å². The largest absolute Gasteiger partial charge is 0.310 e. The average Bonchev–Trinajstić information content (AvgIpc) is 3.64. The van der Waals surface area contributed by atoms with Crippen LogP contribution in [-0.2, 0) is 0 Å². The quantitative estimate of drug-likeness (QED) is 0.205. The van der Waals surface area contributed by atoms with Gasteiger partial charge in [-0.1, -0.05) is 78.9 Å². The van der Waals surface area contributed by atoms with Crippen LogP contribution in [-0.4, -0.2) is 4.98 Å². The van der Waals surface area contributed by atoms with Crippen molar-refractivity contribution < 1.29 is 0 Å². The van der Waals surface area contributed by atoms with Crippen molar-refractivity contribution in [1.29, 1.82) is 0 Å². The Labute approximate surface area is 256 Å². The van der Waals surface area contributed by atoms with Gasteiger partial charge in [-0.05, 0) is 70.9 Å². The lowest BCUT2D eigenvalue weighted by Gasteiger charge is -2.26. The topological polar surface area (TPSA) is 16.1 Å². The van der Waals surface area contributed by atoms with E-state index in [9.17, 15) is 0 Å². The van der Waals surface area contributed by atoms with Gasteiger partial charge in [0.2, 0.25) is 0 Å². The van der Waals surface area contributed by atoms with Gasteiger partial charge in [0.15, 0.2) is 0 Å². The van der Waals surface area contributed by atoms with Crippen molar-refractivity contribution in [2.24, 2.45) is 0 Å². The maximum Gasteiger partial charge on any atom is 0.0468 e. The van der Waals surface area contributed by atoms with Crippen LogP contribution < -0.4 is 4.90 Å². The smallest absolute Gasteiger partial charge is 0.0468 e. The van der Waals surface area contributed by atoms with Crippen LogP contribution in [0.5, 0.6) is 0 Å². The summed E-state index contributed by atoms with van der Waals surface area (Å²) in [7, 11) is 0. The zero-order chi connectivity index (χ0) is 28.3. The monoisotopic (exact) mass is 584 g/mol. The van der Waals surface area contributed by atoms with Crippen molar-refractivity contribution in [2.75, 3.05) is 4.90 Å². The molecule has 0 saturated carbocycles. The Morgan fingerprint density at radius 3 is 2.05 bits per heavy atom. The molecule has 3 aromatic heterocycles. The third-order valence-corrected chi connectivity index (χ3v) is 10.7. The highest BCUT2D eigenvalue weighted by atomic mass is 32.1. The van der Waals surface area contributed by atoms with Crippen molar-refractivity contribution in [3.05, 3.63) is 146 Å². The number of fused-ring (bicyclic) bond motifs is 8. The highest BCUT2D eigenvalue weighted by Crippen LogP contribution is 2.44. The highest BCUT2D eigenvalue weighted by molar-refractivity contribution is 7.26. The molecule has 0 aliphatic rings. The molecule has 9 rings (SSSR count). The van der Waals surface area contributed by atoms with Gasteiger partial charge in [0.05, 0.1) is 0 Å². The summed E-state index contributed by atoms with van der Waals surface area (Å²) in [4.78, 5) is 7.06. The number of aromatic nitrogens is 1. The lowest BCUT2D eigenvalue weighted by molar-refractivity contribution is 1.29. The van der Waals surface area contributed by atoms with Gasteiger partial charge in [0.1, 0.15) is 0 Å². The summed E-state index contributed by atoms with van der Waals surface area (Å²) >= 11 is 3.71. The minimum Gasteiger partial charge on any atom is -0.310 e. The first kappa shape index (κ1) is 24.6. The molecule has 0 saturated heterocycles. The van der Waals surface area contributed by atoms with Crippen molar-refractivity contribution in [2.45, 2.75) is 0 Å². The Bertz CT molecular complexity index is 2450. The second kappa shape index (κ2) is 9.77. The molecule has 0 radical (unpaired) electrons. The number of anilines is 3. The number of hydrogen-bond donors (Lipinski definition) is 0. The SMILES string of the molecule is c1ccc(N(c2ccc(-c3cncc4c3sc3ccc5ccccc5c34)cc2)c2ccc3sc4ccccc4c3c2)cc1. The average molecular weight is 585 g/mol. The predicted octanol–water partition coefficient (Wildman–Crippen LogP) is 12.1. The molecule has 202 valence electrons. The highest BCUT2D eigenvalue weighted by Gasteiger charge is 2.17. The normalized spacial score (nSPS) is 11.7. The zero-order valence-electron chi connectivity index (χ0n) is 23.1. The van der Waals surface area contributed by atoms with Gasteiger partial charge in [-0.3, -0.25) is 4.98 Å². The second-order valence-corrected chi connectivity index (χ2v) is 13.0. The van der Waals surface area contributed by atoms with Crippen LogP contribution in [0.1, 0.15) is 0 Å².